The monoisotopic (exact) mass is 655 g/mol. The Kier molecular flexibility index (Phi) is 6.64. The van der Waals surface area contributed by atoms with Crippen LogP contribution in [0, 0.1) is 0 Å². The average molecular weight is 656 g/mol. The van der Waals surface area contributed by atoms with E-state index in [0.29, 0.717) is 17.5 Å². The van der Waals surface area contributed by atoms with Crippen molar-refractivity contribution in [2.45, 2.75) is 15.2 Å². The fourth-order valence-electron chi connectivity index (χ4n) is 7.89. The lowest BCUT2D eigenvalue weighted by Crippen LogP contribution is -2.32. The van der Waals surface area contributed by atoms with Gasteiger partial charge in [0.2, 0.25) is 0 Å². The van der Waals surface area contributed by atoms with Gasteiger partial charge in [0, 0.05) is 26.5 Å². The second kappa shape index (κ2) is 11.5. The lowest BCUT2D eigenvalue weighted by atomic mass is 9.66. The average Bonchev–Trinajstić information content (AvgIpc) is 3.49. The summed E-state index contributed by atoms with van der Waals surface area (Å²) in [6, 6.07) is 62.7. The molecule has 50 heavy (non-hydrogen) atoms. The summed E-state index contributed by atoms with van der Waals surface area (Å²) in [5, 5.41) is 0. The Bertz CT molecular complexity index is 2460. The molecule has 1 aromatic heterocycles. The van der Waals surface area contributed by atoms with Crippen molar-refractivity contribution in [2.75, 3.05) is 0 Å². The van der Waals surface area contributed by atoms with Crippen molar-refractivity contribution in [3.05, 3.63) is 198 Å². The van der Waals surface area contributed by atoms with E-state index < -0.39 is 5.41 Å². The zero-order valence-corrected chi connectivity index (χ0v) is 27.8. The first-order valence-corrected chi connectivity index (χ1v) is 17.7. The Labute approximate surface area is 295 Å². The van der Waals surface area contributed by atoms with Gasteiger partial charge in [-0.2, -0.15) is 0 Å². The molecule has 7 aromatic carbocycles. The molecule has 2 heterocycles. The van der Waals surface area contributed by atoms with Crippen LogP contribution in [0.2, 0.25) is 0 Å². The minimum atomic E-state index is -0.441. The molecule has 0 bridgehead atoms. The largest absolute Gasteiger partial charge is 0.208 e. The molecule has 4 heteroatoms. The van der Waals surface area contributed by atoms with Gasteiger partial charge >= 0.3 is 0 Å². The molecule has 2 aliphatic rings. The molecule has 0 fully saturated rings. The van der Waals surface area contributed by atoms with Gasteiger partial charge in [-0.25, -0.2) is 15.0 Å². The molecule has 0 atom stereocenters. The van der Waals surface area contributed by atoms with E-state index in [1.54, 1.807) is 0 Å². The van der Waals surface area contributed by atoms with Crippen molar-refractivity contribution >= 4 is 11.8 Å². The summed E-state index contributed by atoms with van der Waals surface area (Å²) in [6.07, 6.45) is 0. The van der Waals surface area contributed by atoms with E-state index in [-0.39, 0.29) is 0 Å². The molecule has 234 valence electrons. The van der Waals surface area contributed by atoms with Crippen LogP contribution >= 0.6 is 11.8 Å². The van der Waals surface area contributed by atoms with Crippen LogP contribution in [0.15, 0.2) is 186 Å². The molecule has 0 radical (unpaired) electrons. The zero-order valence-electron chi connectivity index (χ0n) is 27.0. The predicted octanol–water partition coefficient (Wildman–Crippen LogP) is 11.4. The summed E-state index contributed by atoms with van der Waals surface area (Å²) < 4.78 is 0. The van der Waals surface area contributed by atoms with E-state index >= 15 is 0 Å². The van der Waals surface area contributed by atoms with Crippen molar-refractivity contribution in [3.8, 4) is 56.4 Å². The molecule has 0 N–H and O–H groups in total. The quantitative estimate of drug-likeness (QED) is 0.189. The second-order valence-electron chi connectivity index (χ2n) is 12.7. The summed E-state index contributed by atoms with van der Waals surface area (Å²) >= 11 is 1.87. The van der Waals surface area contributed by atoms with Crippen LogP contribution in [0.5, 0.6) is 0 Å². The molecule has 1 spiro atoms. The fraction of sp³-hybridized carbons (Fsp3) is 0.0217. The van der Waals surface area contributed by atoms with E-state index in [4.69, 9.17) is 15.0 Å². The van der Waals surface area contributed by atoms with Crippen molar-refractivity contribution in [1.29, 1.82) is 0 Å². The number of fused-ring (bicyclic) bond motifs is 9. The molecule has 0 unspecified atom stereocenters. The third-order valence-corrected chi connectivity index (χ3v) is 11.2. The Hall–Kier alpha value is -6.10. The first kappa shape index (κ1) is 28.9. The maximum Gasteiger partial charge on any atom is 0.164 e. The minimum absolute atomic E-state index is 0.441. The van der Waals surface area contributed by atoms with Gasteiger partial charge in [-0.05, 0) is 56.6 Å². The highest BCUT2D eigenvalue weighted by Crippen LogP contribution is 2.63. The van der Waals surface area contributed by atoms with Gasteiger partial charge in [-0.15, -0.1) is 0 Å². The Morgan fingerprint density at radius 2 is 0.740 bits per heavy atom. The normalized spacial score (nSPS) is 13.3. The molecule has 0 saturated heterocycles. The van der Waals surface area contributed by atoms with E-state index in [2.05, 4.69) is 115 Å². The van der Waals surface area contributed by atoms with Crippen molar-refractivity contribution in [3.63, 3.8) is 0 Å². The van der Waals surface area contributed by atoms with E-state index in [0.717, 1.165) is 22.3 Å². The fourth-order valence-corrected chi connectivity index (χ4v) is 9.08. The number of hydrogen-bond donors (Lipinski definition) is 0. The van der Waals surface area contributed by atoms with Gasteiger partial charge in [0.15, 0.2) is 17.5 Å². The Balaban J connectivity index is 1.16. The third-order valence-electron chi connectivity index (χ3n) is 10.0. The number of hydrogen-bond acceptors (Lipinski definition) is 4. The van der Waals surface area contributed by atoms with Crippen LogP contribution in [0.1, 0.15) is 22.3 Å². The van der Waals surface area contributed by atoms with Crippen molar-refractivity contribution in [1.82, 2.24) is 15.0 Å². The Morgan fingerprint density at radius 1 is 0.320 bits per heavy atom. The molecule has 10 rings (SSSR count). The number of rotatable bonds is 4. The maximum absolute atomic E-state index is 4.98. The number of aromatic nitrogens is 3. The molecule has 0 amide bonds. The highest BCUT2D eigenvalue weighted by Gasteiger charge is 2.51. The first-order valence-electron chi connectivity index (χ1n) is 16.9. The van der Waals surface area contributed by atoms with E-state index in [1.807, 2.05) is 72.4 Å². The topological polar surface area (TPSA) is 38.7 Å². The maximum atomic E-state index is 4.98. The third kappa shape index (κ3) is 4.35. The van der Waals surface area contributed by atoms with Gasteiger partial charge in [0.25, 0.3) is 0 Å². The van der Waals surface area contributed by atoms with Crippen molar-refractivity contribution < 1.29 is 0 Å². The molecular weight excluding hydrogens is 627 g/mol. The Morgan fingerprint density at radius 3 is 1.32 bits per heavy atom. The molecule has 0 saturated carbocycles. The molecular formula is C46H29N3S. The highest BCUT2D eigenvalue weighted by molar-refractivity contribution is 7.99. The number of nitrogens with zero attached hydrogens (tertiary/aromatic N) is 3. The minimum Gasteiger partial charge on any atom is -0.208 e. The van der Waals surface area contributed by atoms with Gasteiger partial charge in [0.1, 0.15) is 0 Å². The first-order chi connectivity index (χ1) is 24.8. The molecule has 3 nitrogen and oxygen atoms in total. The van der Waals surface area contributed by atoms with E-state index in [1.165, 1.54) is 48.7 Å². The summed E-state index contributed by atoms with van der Waals surface area (Å²) in [5.41, 5.74) is 12.8. The van der Waals surface area contributed by atoms with Gasteiger partial charge < -0.3 is 0 Å². The molecule has 1 aliphatic carbocycles. The SMILES string of the molecule is c1ccc(-c2nc(-c3ccccc3)nc(-c3ccc(-c4cccc5c4C4(c6ccccc6Sc6ccccc64)c4ccccc4-5)cc3)n2)cc1. The van der Waals surface area contributed by atoms with Gasteiger partial charge in [0.05, 0.1) is 5.41 Å². The molecule has 1 aliphatic heterocycles. The van der Waals surface area contributed by atoms with Crippen LogP contribution in [0.25, 0.3) is 56.4 Å². The van der Waals surface area contributed by atoms with Crippen LogP contribution in [-0.2, 0) is 5.41 Å². The van der Waals surface area contributed by atoms with Crippen LogP contribution in [0.3, 0.4) is 0 Å². The van der Waals surface area contributed by atoms with Crippen molar-refractivity contribution in [2.24, 2.45) is 0 Å². The van der Waals surface area contributed by atoms with E-state index in [9.17, 15) is 0 Å². The van der Waals surface area contributed by atoms with Crippen LogP contribution < -0.4 is 0 Å². The smallest absolute Gasteiger partial charge is 0.164 e. The summed E-state index contributed by atoms with van der Waals surface area (Å²) in [5.74, 6) is 1.97. The van der Waals surface area contributed by atoms with Crippen LogP contribution in [0.4, 0.5) is 0 Å². The predicted molar refractivity (Wildman–Crippen MR) is 203 cm³/mol. The highest BCUT2D eigenvalue weighted by atomic mass is 32.2. The lowest BCUT2D eigenvalue weighted by molar-refractivity contribution is 0.724. The lowest BCUT2D eigenvalue weighted by Gasteiger charge is -2.40. The zero-order chi connectivity index (χ0) is 33.1. The summed E-state index contributed by atoms with van der Waals surface area (Å²) in [6.45, 7) is 0. The van der Waals surface area contributed by atoms with Gasteiger partial charge in [-0.3, -0.25) is 0 Å². The van der Waals surface area contributed by atoms with Crippen LogP contribution in [-0.4, -0.2) is 15.0 Å². The van der Waals surface area contributed by atoms with Gasteiger partial charge in [-0.1, -0.05) is 176 Å². The second-order valence-corrected chi connectivity index (χ2v) is 13.8. The summed E-state index contributed by atoms with van der Waals surface area (Å²) in [4.78, 5) is 17.5. The summed E-state index contributed by atoms with van der Waals surface area (Å²) in [7, 11) is 0. The molecule has 8 aromatic rings. The number of benzene rings is 7. The standard InChI is InChI=1S/C46H29N3S/c1-3-14-31(15-4-1)43-47-44(32-16-5-2-6-17-32)49-45(48-43)33-28-26-30(27-29-33)34-19-13-20-36-35-18-7-8-21-37(35)46(42(34)36)38-22-9-11-24-40(38)50-41-25-12-10-23-39(41)46/h1-29H.